The van der Waals surface area contributed by atoms with E-state index < -0.39 is 0 Å². The largest absolute Gasteiger partial charge is 0.308 e. The summed E-state index contributed by atoms with van der Waals surface area (Å²) >= 11 is 7.93. The zero-order valence-corrected chi connectivity index (χ0v) is 11.6. The Labute approximate surface area is 116 Å². The Kier molecular flexibility index (Phi) is 3.64. The number of aromatic nitrogens is 1. The molecule has 1 aliphatic rings. The third-order valence-corrected chi connectivity index (χ3v) is 4.57. The normalized spacial score (nSPS) is 19.9. The summed E-state index contributed by atoms with van der Waals surface area (Å²) in [4.78, 5) is 4.74. The lowest BCUT2D eigenvalue weighted by Crippen LogP contribution is -2.26. The molecule has 1 aliphatic heterocycles. The second kappa shape index (κ2) is 5.39. The minimum Gasteiger partial charge on any atom is -0.308 e. The van der Waals surface area contributed by atoms with Crippen molar-refractivity contribution in [2.24, 2.45) is 0 Å². The molecule has 94 valence electrons. The maximum absolute atomic E-state index is 6.20. The van der Waals surface area contributed by atoms with E-state index in [4.69, 9.17) is 16.6 Å². The number of rotatable bonds is 2. The molecule has 1 unspecified atom stereocenters. The van der Waals surface area contributed by atoms with E-state index in [0.29, 0.717) is 6.04 Å². The van der Waals surface area contributed by atoms with Crippen molar-refractivity contribution in [2.75, 3.05) is 6.54 Å². The molecule has 0 bridgehead atoms. The first kappa shape index (κ1) is 12.2. The maximum Gasteiger partial charge on any atom is 0.110 e. The maximum atomic E-state index is 6.20. The first-order valence-electron chi connectivity index (χ1n) is 6.28. The van der Waals surface area contributed by atoms with Gasteiger partial charge in [-0.3, -0.25) is 0 Å². The molecule has 18 heavy (non-hydrogen) atoms. The number of halogens is 1. The predicted octanol–water partition coefficient (Wildman–Crippen LogP) is 4.28. The molecule has 1 N–H and O–H groups in total. The van der Waals surface area contributed by atoms with Gasteiger partial charge < -0.3 is 5.32 Å². The Morgan fingerprint density at radius 3 is 2.94 bits per heavy atom. The molecule has 0 spiro atoms. The van der Waals surface area contributed by atoms with Gasteiger partial charge in [0.15, 0.2) is 0 Å². The average Bonchev–Trinajstić information content (AvgIpc) is 2.90. The Balaban J connectivity index is 1.87. The van der Waals surface area contributed by atoms with Gasteiger partial charge in [0, 0.05) is 16.0 Å². The van der Waals surface area contributed by atoms with Crippen LogP contribution in [0.2, 0.25) is 5.02 Å². The van der Waals surface area contributed by atoms with Gasteiger partial charge in [-0.05, 0) is 25.5 Å². The van der Waals surface area contributed by atoms with Crippen LogP contribution >= 0.6 is 22.9 Å². The van der Waals surface area contributed by atoms with Crippen molar-refractivity contribution >= 4 is 22.9 Å². The molecule has 3 rings (SSSR count). The van der Waals surface area contributed by atoms with Gasteiger partial charge in [0.2, 0.25) is 0 Å². The van der Waals surface area contributed by atoms with Gasteiger partial charge in [-0.25, -0.2) is 4.98 Å². The lowest BCUT2D eigenvalue weighted by Gasteiger charge is -2.21. The van der Waals surface area contributed by atoms with Crippen LogP contribution in [0.3, 0.4) is 0 Å². The van der Waals surface area contributed by atoms with E-state index in [2.05, 4.69) is 10.7 Å². The van der Waals surface area contributed by atoms with E-state index >= 15 is 0 Å². The van der Waals surface area contributed by atoms with Crippen molar-refractivity contribution in [2.45, 2.75) is 25.3 Å². The van der Waals surface area contributed by atoms with Crippen molar-refractivity contribution in [3.8, 4) is 11.3 Å². The third kappa shape index (κ3) is 2.44. The Hall–Kier alpha value is -0.900. The van der Waals surface area contributed by atoms with E-state index in [0.717, 1.165) is 22.8 Å². The first-order valence-corrected chi connectivity index (χ1v) is 7.54. The summed E-state index contributed by atoms with van der Waals surface area (Å²) in [5, 5.41) is 7.59. The summed E-state index contributed by atoms with van der Waals surface area (Å²) in [5.41, 5.74) is 2.02. The number of benzene rings is 1. The fourth-order valence-corrected chi connectivity index (χ4v) is 3.46. The number of hydrogen-bond donors (Lipinski definition) is 1. The second-order valence-electron chi connectivity index (χ2n) is 4.55. The van der Waals surface area contributed by atoms with Gasteiger partial charge in [0.1, 0.15) is 5.01 Å². The van der Waals surface area contributed by atoms with Crippen LogP contribution in [0.25, 0.3) is 11.3 Å². The van der Waals surface area contributed by atoms with Crippen molar-refractivity contribution in [3.63, 3.8) is 0 Å². The molecule has 2 aromatic rings. The van der Waals surface area contributed by atoms with Crippen molar-refractivity contribution in [3.05, 3.63) is 39.7 Å². The Morgan fingerprint density at radius 2 is 2.17 bits per heavy atom. The summed E-state index contributed by atoms with van der Waals surface area (Å²) in [7, 11) is 0. The van der Waals surface area contributed by atoms with Crippen molar-refractivity contribution in [1.29, 1.82) is 0 Å². The highest BCUT2D eigenvalue weighted by molar-refractivity contribution is 7.10. The zero-order chi connectivity index (χ0) is 12.4. The first-order chi connectivity index (χ1) is 8.84. The topological polar surface area (TPSA) is 24.9 Å². The van der Waals surface area contributed by atoms with Crippen LogP contribution in [0.4, 0.5) is 0 Å². The molecule has 4 heteroatoms. The highest BCUT2D eigenvalue weighted by Crippen LogP contribution is 2.32. The Bertz CT molecular complexity index is 532. The standard InChI is InChI=1S/C14H15ClN2S/c15-11-6-2-1-5-10(11)13-9-18-14(17-13)12-7-3-4-8-16-12/h1-2,5-6,9,12,16H,3-4,7-8H2. The molecule has 0 saturated carbocycles. The summed E-state index contributed by atoms with van der Waals surface area (Å²) in [5.74, 6) is 0. The molecule has 1 fully saturated rings. The predicted molar refractivity (Wildman–Crippen MR) is 77.2 cm³/mol. The molecule has 1 aromatic carbocycles. The van der Waals surface area contributed by atoms with Gasteiger partial charge in [-0.1, -0.05) is 36.2 Å². The zero-order valence-electron chi connectivity index (χ0n) is 10.0. The molecular formula is C14H15ClN2S. The molecule has 1 atom stereocenters. The van der Waals surface area contributed by atoms with E-state index in [1.165, 1.54) is 24.3 Å². The van der Waals surface area contributed by atoms with Gasteiger partial charge in [0.05, 0.1) is 11.7 Å². The summed E-state index contributed by atoms with van der Waals surface area (Å²) in [6.45, 7) is 1.10. The van der Waals surface area contributed by atoms with E-state index in [1.54, 1.807) is 11.3 Å². The quantitative estimate of drug-likeness (QED) is 0.887. The van der Waals surface area contributed by atoms with Crippen molar-refractivity contribution in [1.82, 2.24) is 10.3 Å². The highest BCUT2D eigenvalue weighted by atomic mass is 35.5. The molecule has 0 amide bonds. The number of nitrogens with zero attached hydrogens (tertiary/aromatic N) is 1. The van der Waals surface area contributed by atoms with Gasteiger partial charge in [-0.2, -0.15) is 0 Å². The SMILES string of the molecule is Clc1ccccc1-c1csc(C2CCCCN2)n1. The van der Waals surface area contributed by atoms with E-state index in [9.17, 15) is 0 Å². The van der Waals surface area contributed by atoms with E-state index in [-0.39, 0.29) is 0 Å². The smallest absolute Gasteiger partial charge is 0.110 e. The van der Waals surface area contributed by atoms with Crippen LogP contribution in [-0.4, -0.2) is 11.5 Å². The fourth-order valence-electron chi connectivity index (χ4n) is 2.30. The van der Waals surface area contributed by atoms with Crippen LogP contribution in [0.5, 0.6) is 0 Å². The van der Waals surface area contributed by atoms with Crippen LogP contribution in [-0.2, 0) is 0 Å². The summed E-state index contributed by atoms with van der Waals surface area (Å²) in [6, 6.07) is 8.31. The average molecular weight is 279 g/mol. The monoisotopic (exact) mass is 278 g/mol. The van der Waals surface area contributed by atoms with Gasteiger partial charge in [0.25, 0.3) is 0 Å². The summed E-state index contributed by atoms with van der Waals surface area (Å²) in [6.07, 6.45) is 3.76. The van der Waals surface area contributed by atoms with Gasteiger partial charge >= 0.3 is 0 Å². The minimum atomic E-state index is 0.431. The molecule has 2 nitrogen and oxygen atoms in total. The highest BCUT2D eigenvalue weighted by Gasteiger charge is 2.18. The molecule has 0 radical (unpaired) electrons. The van der Waals surface area contributed by atoms with Crippen LogP contribution in [0, 0.1) is 0 Å². The van der Waals surface area contributed by atoms with Crippen LogP contribution < -0.4 is 5.32 Å². The number of nitrogens with one attached hydrogen (secondary N) is 1. The summed E-state index contributed by atoms with van der Waals surface area (Å²) < 4.78 is 0. The second-order valence-corrected chi connectivity index (χ2v) is 5.85. The molecule has 0 aliphatic carbocycles. The molecule has 1 aromatic heterocycles. The van der Waals surface area contributed by atoms with Crippen molar-refractivity contribution < 1.29 is 0 Å². The van der Waals surface area contributed by atoms with Crippen LogP contribution in [0.15, 0.2) is 29.6 Å². The molecule has 1 saturated heterocycles. The van der Waals surface area contributed by atoms with Gasteiger partial charge in [-0.15, -0.1) is 11.3 Å². The fraction of sp³-hybridized carbons (Fsp3) is 0.357. The van der Waals surface area contributed by atoms with Crippen LogP contribution in [0.1, 0.15) is 30.3 Å². The Morgan fingerprint density at radius 1 is 1.28 bits per heavy atom. The van der Waals surface area contributed by atoms with E-state index in [1.807, 2.05) is 24.3 Å². The number of piperidine rings is 1. The number of thiazole rings is 1. The number of hydrogen-bond acceptors (Lipinski definition) is 3. The molecular weight excluding hydrogens is 264 g/mol. The minimum absolute atomic E-state index is 0.431. The third-order valence-electron chi connectivity index (χ3n) is 3.28. The lowest BCUT2D eigenvalue weighted by molar-refractivity contribution is 0.411. The molecule has 2 heterocycles. The lowest BCUT2D eigenvalue weighted by atomic mass is 10.1.